The fraction of sp³-hybridized carbons (Fsp3) is 0.846. The first-order valence-electron chi connectivity index (χ1n) is 19.7. The van der Waals surface area contributed by atoms with Crippen molar-refractivity contribution in [2.75, 3.05) is 13.2 Å². The molecule has 47 heavy (non-hydrogen) atoms. The normalized spacial score (nSPS) is 11.8. The van der Waals surface area contributed by atoms with E-state index in [0.717, 1.165) is 64.3 Å². The monoisotopic (exact) mass is 662 g/mol. The molecule has 0 aromatic carbocycles. The Morgan fingerprint density at radius 1 is 0.660 bits per heavy atom. The van der Waals surface area contributed by atoms with Crippen molar-refractivity contribution in [1.29, 1.82) is 0 Å². The van der Waals surface area contributed by atoms with E-state index in [1.54, 1.807) is 0 Å². The zero-order valence-corrected chi connectivity index (χ0v) is 30.8. The minimum absolute atomic E-state index is 0.0755. The maximum absolute atomic E-state index is 12.9. The molecule has 1 unspecified atom stereocenters. The maximum Gasteiger partial charge on any atom is 0.328 e. The van der Waals surface area contributed by atoms with Crippen molar-refractivity contribution < 1.29 is 23.7 Å². The number of unbranched alkanes of at least 4 members (excludes halogenated alkanes) is 19. The number of nitrogens with zero attached hydrogens (tertiary/aromatic N) is 2. The Kier molecular flexibility index (Phi) is 28.1. The van der Waals surface area contributed by atoms with E-state index in [4.69, 9.17) is 4.74 Å². The van der Waals surface area contributed by atoms with Gasteiger partial charge in [0.05, 0.1) is 20.2 Å². The first-order chi connectivity index (χ1) is 23.0. The number of aromatic nitrogens is 2. The predicted molar refractivity (Wildman–Crippen MR) is 193 cm³/mol. The summed E-state index contributed by atoms with van der Waals surface area (Å²) >= 11 is 0. The van der Waals surface area contributed by atoms with E-state index in [2.05, 4.69) is 59.4 Å². The van der Waals surface area contributed by atoms with Crippen molar-refractivity contribution in [3.8, 4) is 0 Å². The molecule has 0 saturated heterocycles. The molecule has 1 aromatic heterocycles. The van der Waals surface area contributed by atoms with Crippen LogP contribution < -0.4 is 15.2 Å². The largest absolute Gasteiger partial charge is 0.464 e. The van der Waals surface area contributed by atoms with E-state index in [1.165, 1.54) is 89.9 Å². The Morgan fingerprint density at radius 2 is 1.19 bits per heavy atom. The van der Waals surface area contributed by atoms with Crippen LogP contribution in [0, 0.1) is 0 Å². The predicted octanol–water partition coefficient (Wildman–Crippen LogP) is 8.64. The molecule has 8 heteroatoms. The fourth-order valence-electron chi connectivity index (χ4n) is 5.98. The summed E-state index contributed by atoms with van der Waals surface area (Å²) in [6.45, 7) is 6.47. The second kappa shape index (κ2) is 30.9. The molecule has 0 radical (unpaired) electrons. The number of esters is 1. The molecule has 2 amide bonds. The van der Waals surface area contributed by atoms with Crippen LogP contribution in [0.5, 0.6) is 0 Å². The van der Waals surface area contributed by atoms with E-state index in [1.807, 2.05) is 0 Å². The lowest BCUT2D eigenvalue weighted by Gasteiger charge is -2.18. The molecule has 1 heterocycles. The van der Waals surface area contributed by atoms with E-state index in [0.29, 0.717) is 32.4 Å². The molecule has 0 aliphatic rings. The summed E-state index contributed by atoms with van der Waals surface area (Å²) in [5.41, 5.74) is 0. The second-order valence-corrected chi connectivity index (χ2v) is 13.7. The molecular formula is C39H73N4O4+. The Labute approximate surface area is 288 Å². The SMILES string of the molecule is CCCCCCCCCCCC(=O)NCCCCC(NC(=O)CCCCC)C(=O)OCCCCCCCCCCCn1cc[n+](C)c1. The van der Waals surface area contributed by atoms with Crippen molar-refractivity contribution >= 4 is 17.8 Å². The summed E-state index contributed by atoms with van der Waals surface area (Å²) in [5, 5.41) is 5.95. The summed E-state index contributed by atoms with van der Waals surface area (Å²) in [6, 6.07) is -0.609. The van der Waals surface area contributed by atoms with Crippen LogP contribution in [-0.2, 0) is 32.7 Å². The van der Waals surface area contributed by atoms with Crippen LogP contribution in [0.25, 0.3) is 0 Å². The zero-order valence-electron chi connectivity index (χ0n) is 30.8. The third kappa shape index (κ3) is 26.3. The Balaban J connectivity index is 2.14. The van der Waals surface area contributed by atoms with Crippen molar-refractivity contribution in [3.05, 3.63) is 18.7 Å². The zero-order chi connectivity index (χ0) is 34.2. The molecule has 0 bridgehead atoms. The van der Waals surface area contributed by atoms with Gasteiger partial charge in [-0.3, -0.25) is 9.59 Å². The minimum atomic E-state index is -0.609. The number of carbonyl (C=O) groups excluding carboxylic acids is 3. The van der Waals surface area contributed by atoms with Gasteiger partial charge in [-0.05, 0) is 51.4 Å². The van der Waals surface area contributed by atoms with Crippen LogP contribution >= 0.6 is 0 Å². The van der Waals surface area contributed by atoms with Crippen molar-refractivity contribution in [3.63, 3.8) is 0 Å². The van der Waals surface area contributed by atoms with Crippen LogP contribution in [0.1, 0.15) is 181 Å². The number of carbonyl (C=O) groups is 3. The smallest absolute Gasteiger partial charge is 0.328 e. The number of hydrogen-bond donors (Lipinski definition) is 2. The van der Waals surface area contributed by atoms with Gasteiger partial charge >= 0.3 is 5.97 Å². The van der Waals surface area contributed by atoms with Crippen molar-refractivity contribution in [2.24, 2.45) is 7.05 Å². The van der Waals surface area contributed by atoms with Crippen LogP contribution in [0.4, 0.5) is 0 Å². The van der Waals surface area contributed by atoms with Gasteiger partial charge in [0.2, 0.25) is 18.1 Å². The highest BCUT2D eigenvalue weighted by Crippen LogP contribution is 2.12. The van der Waals surface area contributed by atoms with Gasteiger partial charge in [0.25, 0.3) is 0 Å². The lowest BCUT2D eigenvalue weighted by molar-refractivity contribution is -0.671. The number of imidazole rings is 1. The summed E-state index contributed by atoms with van der Waals surface area (Å²) < 4.78 is 9.93. The van der Waals surface area contributed by atoms with Crippen LogP contribution in [0.3, 0.4) is 0 Å². The summed E-state index contributed by atoms with van der Waals surface area (Å²) in [5.74, 6) is -0.281. The molecule has 1 atom stereocenters. The molecular weight excluding hydrogens is 588 g/mol. The number of rotatable bonds is 33. The average Bonchev–Trinajstić information content (AvgIpc) is 3.48. The third-order valence-electron chi connectivity index (χ3n) is 9.00. The molecule has 0 spiro atoms. The number of nitrogens with one attached hydrogen (secondary N) is 2. The highest BCUT2D eigenvalue weighted by atomic mass is 16.5. The Bertz CT molecular complexity index is 903. The average molecular weight is 662 g/mol. The molecule has 8 nitrogen and oxygen atoms in total. The number of hydrogen-bond acceptors (Lipinski definition) is 4. The van der Waals surface area contributed by atoms with E-state index in [9.17, 15) is 14.4 Å². The van der Waals surface area contributed by atoms with E-state index < -0.39 is 6.04 Å². The molecule has 0 fully saturated rings. The van der Waals surface area contributed by atoms with Crippen molar-refractivity contribution in [1.82, 2.24) is 15.2 Å². The van der Waals surface area contributed by atoms with Gasteiger partial charge < -0.3 is 15.4 Å². The minimum Gasteiger partial charge on any atom is -0.464 e. The summed E-state index contributed by atoms with van der Waals surface area (Å²) in [6.07, 6.45) is 34.2. The number of aryl methyl sites for hydroxylation is 2. The second-order valence-electron chi connectivity index (χ2n) is 13.7. The Morgan fingerprint density at radius 3 is 1.81 bits per heavy atom. The van der Waals surface area contributed by atoms with Gasteiger partial charge in [-0.25, -0.2) is 13.9 Å². The fourth-order valence-corrected chi connectivity index (χ4v) is 5.98. The first kappa shape index (κ1) is 42.6. The molecule has 0 saturated carbocycles. The standard InChI is InChI=1S/C39H72N4O4/c1-4-6-8-9-10-12-15-18-22-28-37(44)40-30-24-23-27-36(41-38(45)29-21-7-5-2)39(46)47-34-26-20-17-14-11-13-16-19-25-31-43-33-32-42(3)35-43/h32-33,35-36H,4-31,34H2,1-3H3,(H-,40,41,44,45)/p+1. The number of ether oxygens (including phenoxy) is 1. The van der Waals surface area contributed by atoms with E-state index in [-0.39, 0.29) is 17.8 Å². The van der Waals surface area contributed by atoms with E-state index >= 15 is 0 Å². The molecule has 1 rings (SSSR count). The van der Waals surface area contributed by atoms with Gasteiger partial charge in [-0.1, -0.05) is 117 Å². The molecule has 272 valence electrons. The van der Waals surface area contributed by atoms with Gasteiger partial charge in [-0.2, -0.15) is 0 Å². The van der Waals surface area contributed by atoms with Crippen LogP contribution in [0.2, 0.25) is 0 Å². The van der Waals surface area contributed by atoms with Crippen molar-refractivity contribution in [2.45, 2.75) is 193 Å². The van der Waals surface area contributed by atoms with Gasteiger partial charge in [0, 0.05) is 19.4 Å². The molecule has 0 aliphatic carbocycles. The van der Waals surface area contributed by atoms with Crippen LogP contribution in [-0.4, -0.2) is 41.5 Å². The molecule has 2 N–H and O–H groups in total. The third-order valence-corrected chi connectivity index (χ3v) is 9.00. The maximum atomic E-state index is 12.9. The molecule has 0 aliphatic heterocycles. The molecule has 1 aromatic rings. The lowest BCUT2D eigenvalue weighted by atomic mass is 10.1. The summed E-state index contributed by atoms with van der Waals surface area (Å²) in [4.78, 5) is 37.6. The van der Waals surface area contributed by atoms with Gasteiger partial charge in [0.15, 0.2) is 0 Å². The number of amides is 2. The topological polar surface area (TPSA) is 93.3 Å². The summed E-state index contributed by atoms with van der Waals surface area (Å²) in [7, 11) is 2.05. The van der Waals surface area contributed by atoms with Gasteiger partial charge in [0.1, 0.15) is 18.4 Å². The quantitative estimate of drug-likeness (QED) is 0.0448. The first-order valence-corrected chi connectivity index (χ1v) is 19.7. The lowest BCUT2D eigenvalue weighted by Crippen LogP contribution is -2.42. The highest BCUT2D eigenvalue weighted by molar-refractivity contribution is 5.84. The highest BCUT2D eigenvalue weighted by Gasteiger charge is 2.21. The van der Waals surface area contributed by atoms with Gasteiger partial charge in [-0.15, -0.1) is 0 Å². The Hall–Kier alpha value is -2.38. The van der Waals surface area contributed by atoms with Crippen LogP contribution in [0.15, 0.2) is 18.7 Å².